The molecule has 96 valence electrons. The van der Waals surface area contributed by atoms with Gasteiger partial charge in [0.15, 0.2) is 0 Å². The fourth-order valence-corrected chi connectivity index (χ4v) is 2.35. The van der Waals surface area contributed by atoms with Gasteiger partial charge in [-0.25, -0.2) is 0 Å². The Morgan fingerprint density at radius 1 is 1.56 bits per heavy atom. The zero-order chi connectivity index (χ0) is 11.8. The van der Waals surface area contributed by atoms with Gasteiger partial charge in [-0.15, -0.1) is 0 Å². The number of ether oxygens (including phenoxy) is 1. The lowest BCUT2D eigenvalue weighted by atomic mass is 10.1. The SMILES string of the molecule is COCC(CCCN)NCC1CCCN1C. The number of rotatable bonds is 8. The molecule has 3 N–H and O–H groups in total. The highest BCUT2D eigenvalue weighted by Crippen LogP contribution is 2.13. The van der Waals surface area contributed by atoms with E-state index in [0.717, 1.165) is 32.5 Å². The van der Waals surface area contributed by atoms with Crippen LogP contribution in [0.4, 0.5) is 0 Å². The summed E-state index contributed by atoms with van der Waals surface area (Å²) < 4.78 is 5.23. The molecule has 0 bridgehead atoms. The molecule has 2 unspecified atom stereocenters. The molecule has 1 aliphatic heterocycles. The number of nitrogens with two attached hydrogens (primary N) is 1. The highest BCUT2D eigenvalue weighted by Gasteiger charge is 2.21. The second-order valence-electron chi connectivity index (χ2n) is 4.77. The Bertz CT molecular complexity index is 178. The lowest BCUT2D eigenvalue weighted by molar-refractivity contribution is 0.156. The molecule has 0 spiro atoms. The number of likely N-dealkylation sites (tertiary alicyclic amines) is 1. The molecule has 1 saturated heterocycles. The summed E-state index contributed by atoms with van der Waals surface area (Å²) in [6.45, 7) is 3.88. The molecule has 0 aliphatic carbocycles. The van der Waals surface area contributed by atoms with Gasteiger partial charge in [-0.3, -0.25) is 0 Å². The van der Waals surface area contributed by atoms with Crippen molar-refractivity contribution in [3.63, 3.8) is 0 Å². The van der Waals surface area contributed by atoms with E-state index in [-0.39, 0.29) is 0 Å². The van der Waals surface area contributed by atoms with Gasteiger partial charge in [-0.2, -0.15) is 0 Å². The molecule has 0 radical (unpaired) electrons. The van der Waals surface area contributed by atoms with Crippen molar-refractivity contribution in [1.29, 1.82) is 0 Å². The Hall–Kier alpha value is -0.160. The van der Waals surface area contributed by atoms with Crippen LogP contribution in [-0.2, 0) is 4.74 Å². The summed E-state index contributed by atoms with van der Waals surface area (Å²) in [6.07, 6.45) is 4.84. The molecular formula is C12H27N3O. The zero-order valence-corrected chi connectivity index (χ0v) is 10.7. The van der Waals surface area contributed by atoms with Crippen molar-refractivity contribution in [3.05, 3.63) is 0 Å². The molecule has 2 atom stereocenters. The van der Waals surface area contributed by atoms with Crippen molar-refractivity contribution >= 4 is 0 Å². The van der Waals surface area contributed by atoms with Gasteiger partial charge < -0.3 is 20.7 Å². The molecule has 0 saturated carbocycles. The number of likely N-dealkylation sites (N-methyl/N-ethyl adjacent to an activating group) is 1. The first-order chi connectivity index (χ1) is 7.77. The van der Waals surface area contributed by atoms with E-state index in [9.17, 15) is 0 Å². The predicted octanol–water partition coefficient (Wildman–Crippen LogP) is 0.424. The first kappa shape index (κ1) is 13.9. The summed E-state index contributed by atoms with van der Waals surface area (Å²) in [7, 11) is 3.98. The van der Waals surface area contributed by atoms with Gasteiger partial charge in [0.25, 0.3) is 0 Å². The average molecular weight is 229 g/mol. The summed E-state index contributed by atoms with van der Waals surface area (Å²) in [5.41, 5.74) is 5.54. The summed E-state index contributed by atoms with van der Waals surface area (Å²) in [4.78, 5) is 2.44. The third-order valence-corrected chi connectivity index (χ3v) is 3.44. The number of methoxy groups -OCH3 is 1. The quantitative estimate of drug-likeness (QED) is 0.633. The van der Waals surface area contributed by atoms with Gasteiger partial charge in [0.1, 0.15) is 0 Å². The summed E-state index contributed by atoms with van der Waals surface area (Å²) in [5.74, 6) is 0. The molecule has 1 rings (SSSR count). The minimum absolute atomic E-state index is 0.461. The number of hydrogen-bond donors (Lipinski definition) is 2. The third-order valence-electron chi connectivity index (χ3n) is 3.44. The van der Waals surface area contributed by atoms with Gasteiger partial charge in [0, 0.05) is 25.7 Å². The van der Waals surface area contributed by atoms with Crippen LogP contribution in [0.3, 0.4) is 0 Å². The number of hydrogen-bond acceptors (Lipinski definition) is 4. The van der Waals surface area contributed by atoms with Crippen LogP contribution in [-0.4, -0.2) is 57.4 Å². The fraction of sp³-hybridized carbons (Fsp3) is 1.00. The summed E-state index contributed by atoms with van der Waals surface area (Å²) in [6, 6.07) is 1.17. The van der Waals surface area contributed by atoms with Crippen LogP contribution in [0.15, 0.2) is 0 Å². The summed E-state index contributed by atoms with van der Waals surface area (Å²) >= 11 is 0. The molecule has 1 heterocycles. The van der Waals surface area contributed by atoms with E-state index in [1.54, 1.807) is 7.11 Å². The van der Waals surface area contributed by atoms with Crippen LogP contribution in [0.1, 0.15) is 25.7 Å². The topological polar surface area (TPSA) is 50.5 Å². The first-order valence-electron chi connectivity index (χ1n) is 6.40. The molecule has 0 amide bonds. The molecule has 1 aliphatic rings. The lowest BCUT2D eigenvalue weighted by Gasteiger charge is -2.24. The van der Waals surface area contributed by atoms with E-state index in [2.05, 4.69) is 17.3 Å². The summed E-state index contributed by atoms with van der Waals surface area (Å²) in [5, 5.41) is 3.61. The third kappa shape index (κ3) is 4.78. The number of nitrogens with one attached hydrogen (secondary N) is 1. The second kappa shape index (κ2) is 8.01. The van der Waals surface area contributed by atoms with E-state index in [1.807, 2.05) is 0 Å². The normalized spacial score (nSPS) is 23.8. The first-order valence-corrected chi connectivity index (χ1v) is 6.40. The Kier molecular flexibility index (Phi) is 6.96. The van der Waals surface area contributed by atoms with Crippen molar-refractivity contribution in [3.8, 4) is 0 Å². The largest absolute Gasteiger partial charge is 0.383 e. The zero-order valence-electron chi connectivity index (χ0n) is 10.7. The molecule has 0 aromatic carbocycles. The van der Waals surface area contributed by atoms with Gasteiger partial charge in [-0.1, -0.05) is 0 Å². The highest BCUT2D eigenvalue weighted by atomic mass is 16.5. The minimum atomic E-state index is 0.461. The Morgan fingerprint density at radius 2 is 2.38 bits per heavy atom. The molecule has 1 fully saturated rings. The van der Waals surface area contributed by atoms with E-state index >= 15 is 0 Å². The van der Waals surface area contributed by atoms with Crippen molar-refractivity contribution in [2.24, 2.45) is 5.73 Å². The van der Waals surface area contributed by atoms with Crippen molar-refractivity contribution < 1.29 is 4.74 Å². The van der Waals surface area contributed by atoms with E-state index in [1.165, 1.54) is 19.4 Å². The van der Waals surface area contributed by atoms with Crippen LogP contribution in [0, 0.1) is 0 Å². The van der Waals surface area contributed by atoms with Crippen LogP contribution >= 0.6 is 0 Å². The van der Waals surface area contributed by atoms with E-state index in [0.29, 0.717) is 12.1 Å². The average Bonchev–Trinajstić information content (AvgIpc) is 2.68. The molecule has 4 nitrogen and oxygen atoms in total. The Balaban J connectivity index is 2.19. The fourth-order valence-electron chi connectivity index (χ4n) is 2.35. The predicted molar refractivity (Wildman–Crippen MR) is 67.6 cm³/mol. The molecule has 0 aromatic rings. The monoisotopic (exact) mass is 229 g/mol. The lowest BCUT2D eigenvalue weighted by Crippen LogP contribution is -2.42. The van der Waals surface area contributed by atoms with Gasteiger partial charge >= 0.3 is 0 Å². The van der Waals surface area contributed by atoms with E-state index in [4.69, 9.17) is 10.5 Å². The van der Waals surface area contributed by atoms with Crippen molar-refractivity contribution in [2.75, 3.05) is 40.4 Å². The Labute approximate surface area is 99.5 Å². The smallest absolute Gasteiger partial charge is 0.0615 e. The van der Waals surface area contributed by atoms with Crippen molar-refractivity contribution in [1.82, 2.24) is 10.2 Å². The van der Waals surface area contributed by atoms with Crippen LogP contribution in [0.25, 0.3) is 0 Å². The Morgan fingerprint density at radius 3 is 2.94 bits per heavy atom. The van der Waals surface area contributed by atoms with Crippen molar-refractivity contribution in [2.45, 2.75) is 37.8 Å². The van der Waals surface area contributed by atoms with Crippen LogP contribution in [0.2, 0.25) is 0 Å². The minimum Gasteiger partial charge on any atom is -0.383 e. The molecule has 0 aromatic heterocycles. The standard InChI is InChI=1S/C12H27N3O/c1-15-8-4-6-12(15)9-14-11(10-16-2)5-3-7-13/h11-12,14H,3-10,13H2,1-2H3. The maximum atomic E-state index is 5.54. The van der Waals surface area contributed by atoms with Crippen LogP contribution in [0.5, 0.6) is 0 Å². The van der Waals surface area contributed by atoms with Gasteiger partial charge in [0.2, 0.25) is 0 Å². The van der Waals surface area contributed by atoms with Gasteiger partial charge in [-0.05, 0) is 45.8 Å². The molecular weight excluding hydrogens is 202 g/mol. The number of nitrogens with zero attached hydrogens (tertiary/aromatic N) is 1. The highest BCUT2D eigenvalue weighted by molar-refractivity contribution is 4.80. The van der Waals surface area contributed by atoms with Crippen LogP contribution < -0.4 is 11.1 Å². The molecule has 16 heavy (non-hydrogen) atoms. The van der Waals surface area contributed by atoms with E-state index < -0.39 is 0 Å². The maximum Gasteiger partial charge on any atom is 0.0615 e. The maximum absolute atomic E-state index is 5.54. The second-order valence-corrected chi connectivity index (χ2v) is 4.77. The molecule has 4 heteroatoms. The van der Waals surface area contributed by atoms with Gasteiger partial charge in [0.05, 0.1) is 6.61 Å².